The van der Waals surface area contributed by atoms with Gasteiger partial charge in [-0.15, -0.1) is 0 Å². The van der Waals surface area contributed by atoms with Gasteiger partial charge in [-0.1, -0.05) is 205 Å². The number of unbranched alkanes of at least 4 members (excludes halogenated alkanes) is 28. The lowest BCUT2D eigenvalue weighted by atomic mass is 10.0. The summed E-state index contributed by atoms with van der Waals surface area (Å²) in [6.07, 6.45) is 54.9. The molecule has 0 aliphatic carbocycles. The maximum absolute atomic E-state index is 5.87. The molecule has 0 unspecified atom stereocenters. The van der Waals surface area contributed by atoms with Gasteiger partial charge in [0.1, 0.15) is 12.5 Å². The molecule has 2 aromatic heterocycles. The normalized spacial score (nSPS) is 12.0. The van der Waals surface area contributed by atoms with Crippen molar-refractivity contribution in [1.82, 2.24) is 0 Å². The van der Waals surface area contributed by atoms with Gasteiger partial charge in [0.2, 0.25) is 0 Å². The van der Waals surface area contributed by atoms with Crippen molar-refractivity contribution in [3.05, 3.63) is 55.5 Å². The van der Waals surface area contributed by atoms with Crippen molar-refractivity contribution < 1.29 is 30.0 Å². The van der Waals surface area contributed by atoms with Gasteiger partial charge in [-0.2, -0.15) is 0 Å². The molecule has 2 nitrogen and oxygen atoms in total. The second-order valence-electron chi connectivity index (χ2n) is 14.0. The van der Waals surface area contributed by atoms with E-state index in [1.807, 2.05) is 12.5 Å². The summed E-state index contributed by atoms with van der Waals surface area (Å²) < 4.78 is 13.9. The molecule has 0 atom stereocenters. The zero-order chi connectivity index (χ0) is 33.3. The van der Waals surface area contributed by atoms with Crippen LogP contribution in [0.15, 0.2) is 45.6 Å². The SMILES string of the molecule is CCCCCCCCCCCCCCCCC=Cc1coc([I+]c2cc(C=CCCCCCCCCCCCCCCCC)co2)c1. The van der Waals surface area contributed by atoms with Crippen LogP contribution in [0.25, 0.3) is 12.2 Å². The van der Waals surface area contributed by atoms with Crippen LogP contribution in [0.3, 0.4) is 0 Å². The molecular weight excluding hydrogens is 687 g/mol. The fourth-order valence-corrected chi connectivity index (χ4v) is 8.43. The van der Waals surface area contributed by atoms with Crippen LogP contribution in [0.1, 0.15) is 218 Å². The smallest absolute Gasteiger partial charge is 0.426 e. The first-order chi connectivity index (χ1) is 23.3. The van der Waals surface area contributed by atoms with Crippen molar-refractivity contribution in [3.8, 4) is 0 Å². The highest BCUT2D eigenvalue weighted by molar-refractivity contribution is 5.47. The highest BCUT2D eigenvalue weighted by Crippen LogP contribution is 2.15. The van der Waals surface area contributed by atoms with Gasteiger partial charge < -0.3 is 8.83 Å². The average molecular weight is 762 g/mol. The predicted octanol–water partition coefficient (Wildman–Crippen LogP) is 12.8. The van der Waals surface area contributed by atoms with Crippen LogP contribution in [0.4, 0.5) is 0 Å². The summed E-state index contributed by atoms with van der Waals surface area (Å²) in [5, 5.41) is 0. The summed E-state index contributed by atoms with van der Waals surface area (Å²) in [4.78, 5) is 0. The maximum Gasteiger partial charge on any atom is 0.443 e. The fraction of sp³-hybridized carbons (Fsp3) is 0.727. The molecule has 0 fully saturated rings. The molecule has 0 spiro atoms. The molecule has 0 saturated heterocycles. The van der Waals surface area contributed by atoms with Crippen LogP contribution in [-0.2, 0) is 0 Å². The Kier molecular flexibility index (Phi) is 28.6. The first kappa shape index (κ1) is 41.9. The number of hydrogen-bond donors (Lipinski definition) is 0. The zero-order valence-electron chi connectivity index (χ0n) is 31.0. The molecule has 0 amide bonds. The van der Waals surface area contributed by atoms with Crippen molar-refractivity contribution >= 4 is 12.2 Å². The molecule has 3 heteroatoms. The number of hydrogen-bond acceptors (Lipinski definition) is 2. The van der Waals surface area contributed by atoms with E-state index in [1.165, 1.54) is 204 Å². The van der Waals surface area contributed by atoms with Gasteiger partial charge in [0.05, 0.1) is 0 Å². The van der Waals surface area contributed by atoms with Crippen molar-refractivity contribution in [2.75, 3.05) is 0 Å². The molecule has 47 heavy (non-hydrogen) atoms. The lowest BCUT2D eigenvalue weighted by Gasteiger charge is -2.02. The highest BCUT2D eigenvalue weighted by atomic mass is 127. The van der Waals surface area contributed by atoms with E-state index in [-0.39, 0.29) is 0 Å². The van der Waals surface area contributed by atoms with Crippen LogP contribution >= 0.6 is 0 Å². The van der Waals surface area contributed by atoms with Crippen molar-refractivity contribution in [1.29, 1.82) is 0 Å². The van der Waals surface area contributed by atoms with Gasteiger partial charge in [-0.3, -0.25) is 0 Å². The Morgan fingerprint density at radius 3 is 0.979 bits per heavy atom. The number of rotatable bonds is 34. The van der Waals surface area contributed by atoms with E-state index in [0.29, 0.717) is 0 Å². The van der Waals surface area contributed by atoms with E-state index in [9.17, 15) is 0 Å². The third-order valence-electron chi connectivity index (χ3n) is 9.43. The molecule has 268 valence electrons. The van der Waals surface area contributed by atoms with Gasteiger partial charge in [0.15, 0.2) is 0 Å². The number of halogens is 1. The quantitative estimate of drug-likeness (QED) is 0.0524. The third-order valence-corrected chi connectivity index (χ3v) is 11.6. The second-order valence-corrected chi connectivity index (χ2v) is 16.7. The zero-order valence-corrected chi connectivity index (χ0v) is 33.2. The fourth-order valence-electron chi connectivity index (χ4n) is 6.36. The molecule has 0 saturated carbocycles. The minimum absolute atomic E-state index is 0.413. The maximum atomic E-state index is 5.87. The minimum Gasteiger partial charge on any atom is -0.426 e. The first-order valence-electron chi connectivity index (χ1n) is 20.5. The molecule has 2 aromatic rings. The Morgan fingerprint density at radius 2 is 0.681 bits per heavy atom. The summed E-state index contributed by atoms with van der Waals surface area (Å²) in [6, 6.07) is 4.39. The van der Waals surface area contributed by atoms with Gasteiger partial charge in [0.25, 0.3) is 0 Å². The molecule has 0 bridgehead atoms. The summed E-state index contributed by atoms with van der Waals surface area (Å²) in [5.74, 6) is 0. The molecule has 0 aromatic carbocycles. The summed E-state index contributed by atoms with van der Waals surface area (Å²) in [6.45, 7) is 4.59. The lowest BCUT2D eigenvalue weighted by molar-refractivity contribution is -0.636. The molecule has 2 heterocycles. The molecule has 0 aliphatic heterocycles. The highest BCUT2D eigenvalue weighted by Gasteiger charge is 2.24. The van der Waals surface area contributed by atoms with E-state index in [4.69, 9.17) is 8.83 Å². The van der Waals surface area contributed by atoms with E-state index in [1.54, 1.807) is 0 Å². The van der Waals surface area contributed by atoms with Crippen LogP contribution in [0.2, 0.25) is 0 Å². The summed E-state index contributed by atoms with van der Waals surface area (Å²) in [7, 11) is 0. The van der Waals surface area contributed by atoms with Gasteiger partial charge in [-0.25, -0.2) is 0 Å². The topological polar surface area (TPSA) is 26.3 Å². The Hall–Kier alpha value is -1.23. The van der Waals surface area contributed by atoms with Gasteiger partial charge in [-0.05, 0) is 25.7 Å². The van der Waals surface area contributed by atoms with Crippen molar-refractivity contribution in [3.63, 3.8) is 0 Å². The Bertz CT molecular complexity index is 904. The Labute approximate surface area is 302 Å². The van der Waals surface area contributed by atoms with Crippen molar-refractivity contribution in [2.24, 2.45) is 0 Å². The van der Waals surface area contributed by atoms with E-state index < -0.39 is 21.2 Å². The van der Waals surface area contributed by atoms with Crippen LogP contribution < -0.4 is 21.2 Å². The van der Waals surface area contributed by atoms with Gasteiger partial charge >= 0.3 is 28.7 Å². The van der Waals surface area contributed by atoms with Gasteiger partial charge in [0, 0.05) is 23.3 Å². The standard InChI is InChI=1S/C44H74IO2/c1-3-5-7-9-11-13-15-17-19-21-23-25-27-29-31-33-35-41-37-43(46-39-41)45-44-38-42(40-47-44)36-34-32-30-28-26-24-22-20-18-16-14-12-10-8-6-4-2/h33-40H,3-32H2,1-2H3/q+1. The van der Waals surface area contributed by atoms with Crippen LogP contribution in [0, 0.1) is 7.53 Å². The van der Waals surface area contributed by atoms with E-state index in [0.717, 1.165) is 7.53 Å². The molecule has 0 N–H and O–H groups in total. The van der Waals surface area contributed by atoms with Crippen LogP contribution in [0.5, 0.6) is 0 Å². The number of allylic oxidation sites excluding steroid dienone is 2. The summed E-state index contributed by atoms with van der Waals surface area (Å²) >= 11 is -0.413. The largest absolute Gasteiger partial charge is 0.443 e. The molecule has 2 rings (SSSR count). The first-order valence-corrected chi connectivity index (χ1v) is 22.6. The van der Waals surface area contributed by atoms with E-state index >= 15 is 0 Å². The average Bonchev–Trinajstić information content (AvgIpc) is 3.73. The molecule has 0 radical (unpaired) electrons. The Balaban J connectivity index is 1.41. The second kappa shape index (κ2) is 32.0. The monoisotopic (exact) mass is 761 g/mol. The van der Waals surface area contributed by atoms with Crippen LogP contribution in [-0.4, -0.2) is 0 Å². The van der Waals surface area contributed by atoms with E-state index in [2.05, 4.69) is 50.3 Å². The Morgan fingerprint density at radius 1 is 0.404 bits per heavy atom. The van der Waals surface area contributed by atoms with Crippen molar-refractivity contribution in [2.45, 2.75) is 206 Å². The molecular formula is C44H74IO2+. The third kappa shape index (κ3) is 25.4. The summed E-state index contributed by atoms with van der Waals surface area (Å²) in [5.41, 5.74) is 2.37. The minimum atomic E-state index is -0.413. The lowest BCUT2D eigenvalue weighted by Crippen LogP contribution is -3.61. The molecule has 0 aliphatic rings. The number of furan rings is 2. The predicted molar refractivity (Wildman–Crippen MR) is 203 cm³/mol.